The standard InChI is InChI=1S/C18H30N4O3.HI/c1-19-18(20-7-10-23-2)21-14-5-8-22(9-6-14)15-11-16(24-3)13-17(12-15)25-4;/h11-14H,5-10H2,1-4H3,(H2,19,20,21);1H. The Labute approximate surface area is 173 Å². The van der Waals surface area contributed by atoms with Gasteiger partial charge in [-0.15, -0.1) is 24.0 Å². The summed E-state index contributed by atoms with van der Waals surface area (Å²) in [6, 6.07) is 6.42. The molecule has 0 amide bonds. The Bertz CT molecular complexity index is 541. The van der Waals surface area contributed by atoms with E-state index >= 15 is 0 Å². The number of aliphatic imine (C=N–C) groups is 1. The molecule has 7 nitrogen and oxygen atoms in total. The number of anilines is 1. The minimum atomic E-state index is 0. The zero-order valence-corrected chi connectivity index (χ0v) is 18.4. The lowest BCUT2D eigenvalue weighted by atomic mass is 10.0. The average Bonchev–Trinajstić information content (AvgIpc) is 2.67. The molecule has 1 saturated heterocycles. The minimum Gasteiger partial charge on any atom is -0.497 e. The van der Waals surface area contributed by atoms with Crippen LogP contribution in [0.25, 0.3) is 0 Å². The molecule has 2 rings (SSSR count). The van der Waals surface area contributed by atoms with E-state index in [0.29, 0.717) is 12.6 Å². The highest BCUT2D eigenvalue weighted by Crippen LogP contribution is 2.30. The van der Waals surface area contributed by atoms with Crippen LogP contribution in [0.2, 0.25) is 0 Å². The number of methoxy groups -OCH3 is 3. The summed E-state index contributed by atoms with van der Waals surface area (Å²) >= 11 is 0. The van der Waals surface area contributed by atoms with Crippen LogP contribution in [0.5, 0.6) is 11.5 Å². The maximum atomic E-state index is 5.37. The van der Waals surface area contributed by atoms with Crippen molar-refractivity contribution in [1.29, 1.82) is 0 Å². The first-order valence-corrected chi connectivity index (χ1v) is 8.64. The SMILES string of the molecule is CN=C(NCCOC)NC1CCN(c2cc(OC)cc(OC)c2)CC1.I. The van der Waals surface area contributed by atoms with Crippen molar-refractivity contribution in [3.63, 3.8) is 0 Å². The van der Waals surface area contributed by atoms with Gasteiger partial charge in [0.25, 0.3) is 0 Å². The van der Waals surface area contributed by atoms with Crippen LogP contribution in [0.4, 0.5) is 5.69 Å². The molecule has 0 atom stereocenters. The zero-order chi connectivity index (χ0) is 18.1. The highest BCUT2D eigenvalue weighted by atomic mass is 127. The lowest BCUT2D eigenvalue weighted by molar-refractivity contribution is 0.203. The van der Waals surface area contributed by atoms with E-state index in [1.54, 1.807) is 28.4 Å². The Morgan fingerprint density at radius 1 is 1.12 bits per heavy atom. The Morgan fingerprint density at radius 2 is 1.73 bits per heavy atom. The van der Waals surface area contributed by atoms with E-state index in [4.69, 9.17) is 14.2 Å². The third-order valence-corrected chi connectivity index (χ3v) is 4.36. The fraction of sp³-hybridized carbons (Fsp3) is 0.611. The number of piperidine rings is 1. The van der Waals surface area contributed by atoms with Crippen molar-refractivity contribution in [1.82, 2.24) is 10.6 Å². The van der Waals surface area contributed by atoms with Gasteiger partial charge in [0.15, 0.2) is 5.96 Å². The van der Waals surface area contributed by atoms with E-state index in [9.17, 15) is 0 Å². The summed E-state index contributed by atoms with van der Waals surface area (Å²) in [7, 11) is 6.84. The summed E-state index contributed by atoms with van der Waals surface area (Å²) in [4.78, 5) is 6.63. The topological polar surface area (TPSA) is 67.4 Å². The lowest BCUT2D eigenvalue weighted by Crippen LogP contribution is -2.49. The van der Waals surface area contributed by atoms with E-state index in [1.807, 2.05) is 6.07 Å². The Morgan fingerprint density at radius 3 is 2.23 bits per heavy atom. The van der Waals surface area contributed by atoms with Gasteiger partial charge in [-0.05, 0) is 12.8 Å². The molecule has 1 aliphatic heterocycles. The van der Waals surface area contributed by atoms with Crippen molar-refractivity contribution in [2.24, 2.45) is 4.99 Å². The van der Waals surface area contributed by atoms with Gasteiger partial charge in [-0.1, -0.05) is 0 Å². The second kappa shape index (κ2) is 12.1. The Hall–Kier alpha value is -1.42. The van der Waals surface area contributed by atoms with E-state index in [1.165, 1.54) is 0 Å². The van der Waals surface area contributed by atoms with Gasteiger partial charge in [-0.25, -0.2) is 0 Å². The molecular weight excluding hydrogens is 447 g/mol. The average molecular weight is 478 g/mol. The number of benzene rings is 1. The molecule has 148 valence electrons. The summed E-state index contributed by atoms with van der Waals surface area (Å²) in [6.45, 7) is 3.36. The van der Waals surface area contributed by atoms with Crippen LogP contribution in [-0.2, 0) is 4.74 Å². The molecular formula is C18H31IN4O3. The minimum absolute atomic E-state index is 0. The Balaban J connectivity index is 0.00000338. The first-order valence-electron chi connectivity index (χ1n) is 8.64. The van der Waals surface area contributed by atoms with Gasteiger partial charge in [0, 0.05) is 63.7 Å². The summed E-state index contributed by atoms with van der Waals surface area (Å²) < 4.78 is 15.8. The van der Waals surface area contributed by atoms with Gasteiger partial charge >= 0.3 is 0 Å². The number of guanidine groups is 1. The molecule has 1 aliphatic rings. The normalized spacial score (nSPS) is 15.2. The summed E-state index contributed by atoms with van der Waals surface area (Å²) in [5.74, 6) is 2.47. The van der Waals surface area contributed by atoms with Crippen LogP contribution >= 0.6 is 24.0 Å². The fourth-order valence-electron chi connectivity index (χ4n) is 2.92. The van der Waals surface area contributed by atoms with E-state index in [0.717, 1.165) is 55.6 Å². The molecule has 1 aromatic rings. The van der Waals surface area contributed by atoms with E-state index < -0.39 is 0 Å². The van der Waals surface area contributed by atoms with Crippen LogP contribution in [0.1, 0.15) is 12.8 Å². The van der Waals surface area contributed by atoms with Crippen LogP contribution in [0, 0.1) is 0 Å². The molecule has 26 heavy (non-hydrogen) atoms. The van der Waals surface area contributed by atoms with Crippen molar-refractivity contribution in [2.75, 3.05) is 59.5 Å². The largest absolute Gasteiger partial charge is 0.497 e. The molecule has 0 saturated carbocycles. The number of rotatable bonds is 7. The van der Waals surface area contributed by atoms with Crippen molar-refractivity contribution in [2.45, 2.75) is 18.9 Å². The zero-order valence-electron chi connectivity index (χ0n) is 16.1. The number of nitrogens with one attached hydrogen (secondary N) is 2. The third kappa shape index (κ3) is 6.71. The smallest absolute Gasteiger partial charge is 0.191 e. The Kier molecular flexibility index (Phi) is 10.5. The quantitative estimate of drug-likeness (QED) is 0.271. The molecule has 0 aliphatic carbocycles. The van der Waals surface area contributed by atoms with Gasteiger partial charge < -0.3 is 29.7 Å². The molecule has 2 N–H and O–H groups in total. The van der Waals surface area contributed by atoms with Gasteiger partial charge in [-0.3, -0.25) is 4.99 Å². The molecule has 1 aromatic carbocycles. The second-order valence-electron chi connectivity index (χ2n) is 5.97. The predicted octanol–water partition coefficient (Wildman–Crippen LogP) is 2.10. The monoisotopic (exact) mass is 478 g/mol. The predicted molar refractivity (Wildman–Crippen MR) is 117 cm³/mol. The van der Waals surface area contributed by atoms with Crippen molar-refractivity contribution in [3.8, 4) is 11.5 Å². The molecule has 1 heterocycles. The maximum absolute atomic E-state index is 5.37. The van der Waals surface area contributed by atoms with Gasteiger partial charge in [0.2, 0.25) is 0 Å². The molecule has 0 bridgehead atoms. The van der Waals surface area contributed by atoms with Crippen molar-refractivity contribution in [3.05, 3.63) is 18.2 Å². The van der Waals surface area contributed by atoms with Crippen LogP contribution in [0.3, 0.4) is 0 Å². The second-order valence-corrected chi connectivity index (χ2v) is 5.97. The number of ether oxygens (including phenoxy) is 3. The first kappa shape index (κ1) is 22.6. The summed E-state index contributed by atoms with van der Waals surface area (Å²) in [5, 5.41) is 6.75. The van der Waals surface area contributed by atoms with Crippen LogP contribution in [0.15, 0.2) is 23.2 Å². The van der Waals surface area contributed by atoms with Crippen LogP contribution < -0.4 is 25.0 Å². The van der Waals surface area contributed by atoms with Crippen molar-refractivity contribution < 1.29 is 14.2 Å². The summed E-state index contributed by atoms with van der Waals surface area (Å²) in [6.07, 6.45) is 2.09. The first-order chi connectivity index (χ1) is 12.2. The number of hydrogen-bond donors (Lipinski definition) is 2. The molecule has 8 heteroatoms. The number of hydrogen-bond acceptors (Lipinski definition) is 5. The maximum Gasteiger partial charge on any atom is 0.191 e. The molecule has 0 aromatic heterocycles. The lowest BCUT2D eigenvalue weighted by Gasteiger charge is -2.34. The highest BCUT2D eigenvalue weighted by molar-refractivity contribution is 14.0. The van der Waals surface area contributed by atoms with Crippen LogP contribution in [-0.4, -0.2) is 66.6 Å². The van der Waals surface area contributed by atoms with Gasteiger partial charge in [0.1, 0.15) is 11.5 Å². The molecule has 0 unspecified atom stereocenters. The van der Waals surface area contributed by atoms with E-state index in [-0.39, 0.29) is 24.0 Å². The third-order valence-electron chi connectivity index (χ3n) is 4.36. The fourth-order valence-corrected chi connectivity index (χ4v) is 2.92. The van der Waals surface area contributed by atoms with Crippen molar-refractivity contribution >= 4 is 35.6 Å². The van der Waals surface area contributed by atoms with E-state index in [2.05, 4.69) is 32.7 Å². The number of nitrogens with zero attached hydrogens (tertiary/aromatic N) is 2. The van der Waals surface area contributed by atoms with Gasteiger partial charge in [-0.2, -0.15) is 0 Å². The number of halogens is 1. The summed E-state index contributed by atoms with van der Waals surface area (Å²) in [5.41, 5.74) is 1.14. The van der Waals surface area contributed by atoms with Gasteiger partial charge in [0.05, 0.1) is 20.8 Å². The molecule has 0 radical (unpaired) electrons. The molecule has 0 spiro atoms. The highest BCUT2D eigenvalue weighted by Gasteiger charge is 2.21. The molecule has 1 fully saturated rings.